The number of unbranched alkanes of at least 4 members (excludes halogenated alkanes) is 27. The average molecular weight is 761 g/mol. The molecule has 0 spiro atoms. The molecule has 6 heteroatoms. The van der Waals surface area contributed by atoms with Crippen molar-refractivity contribution >= 4 is 11.9 Å². The second kappa shape index (κ2) is 45.7. The van der Waals surface area contributed by atoms with Crippen LogP contribution in [0.4, 0.5) is 0 Å². The molecule has 0 unspecified atom stereocenters. The first kappa shape index (κ1) is 52.3. The zero-order valence-electron chi connectivity index (χ0n) is 36.3. The van der Waals surface area contributed by atoms with E-state index >= 15 is 0 Å². The molecule has 318 valence electrons. The maximum Gasteiger partial charge on any atom is 0.307 e. The van der Waals surface area contributed by atoms with E-state index < -0.39 is 0 Å². The Morgan fingerprint density at radius 1 is 0.407 bits per heavy atom. The lowest BCUT2D eigenvalue weighted by Gasteiger charge is -2.21. The quantitative estimate of drug-likeness (QED) is 0.0378. The topological polar surface area (TPSA) is 81.9 Å². The number of nitrogens with zero attached hydrogens (tertiary/aromatic N) is 1. The highest BCUT2D eigenvalue weighted by molar-refractivity contribution is 5.70. The largest absolute Gasteiger partial charge is 0.466 e. The summed E-state index contributed by atoms with van der Waals surface area (Å²) < 4.78 is 11.1. The van der Waals surface area contributed by atoms with Crippen LogP contribution in [-0.2, 0) is 19.1 Å². The number of carbonyl (C=O) groups is 2. The van der Waals surface area contributed by atoms with Gasteiger partial charge in [-0.1, -0.05) is 167 Å². The minimum absolute atomic E-state index is 0.126. The summed E-state index contributed by atoms with van der Waals surface area (Å²) in [6.07, 6.45) is 50.2. The Hall–Kier alpha value is -1.66. The molecule has 54 heavy (non-hydrogen) atoms. The van der Waals surface area contributed by atoms with Crippen LogP contribution in [0.25, 0.3) is 0 Å². The minimum Gasteiger partial charge on any atom is -0.466 e. The van der Waals surface area contributed by atoms with Crippen LogP contribution in [0, 0.1) is 0 Å². The number of hydrogen-bond acceptors (Lipinski definition) is 6. The SMILES string of the molecule is CCCCCCCC/C=C\CCCCCCCCOC(=O)CCN(CCCCCCN)CCC(=O)OCCCCCCCC/C=C\CCCCCCCC. The molecule has 0 aliphatic rings. The summed E-state index contributed by atoms with van der Waals surface area (Å²) in [5, 5.41) is 0. The zero-order chi connectivity index (χ0) is 39.3. The van der Waals surface area contributed by atoms with Crippen molar-refractivity contribution in [2.75, 3.05) is 39.4 Å². The lowest BCUT2D eigenvalue weighted by Crippen LogP contribution is -2.30. The lowest BCUT2D eigenvalue weighted by molar-refractivity contribution is -0.144. The van der Waals surface area contributed by atoms with Gasteiger partial charge in [0.25, 0.3) is 0 Å². The predicted octanol–water partition coefficient (Wildman–Crippen LogP) is 13.7. The van der Waals surface area contributed by atoms with Crippen LogP contribution >= 0.6 is 0 Å². The van der Waals surface area contributed by atoms with Crippen LogP contribution in [0.3, 0.4) is 0 Å². The Balaban J connectivity index is 3.91. The molecule has 0 heterocycles. The predicted molar refractivity (Wildman–Crippen MR) is 234 cm³/mol. The number of ether oxygens (including phenoxy) is 2. The van der Waals surface area contributed by atoms with E-state index in [9.17, 15) is 9.59 Å². The molecule has 0 rings (SSSR count). The van der Waals surface area contributed by atoms with Gasteiger partial charge in [-0.3, -0.25) is 9.59 Å². The Kier molecular flexibility index (Phi) is 44.3. The summed E-state index contributed by atoms with van der Waals surface area (Å²) in [7, 11) is 0. The van der Waals surface area contributed by atoms with Gasteiger partial charge in [-0.25, -0.2) is 0 Å². The normalized spacial score (nSPS) is 11.8. The minimum atomic E-state index is -0.126. The molecular formula is C48H92N2O4. The third kappa shape index (κ3) is 43.1. The number of rotatable bonds is 44. The van der Waals surface area contributed by atoms with Crippen LogP contribution in [0.1, 0.15) is 232 Å². The van der Waals surface area contributed by atoms with Gasteiger partial charge in [0.05, 0.1) is 26.1 Å². The van der Waals surface area contributed by atoms with E-state index in [4.69, 9.17) is 15.2 Å². The summed E-state index contributed by atoms with van der Waals surface area (Å²) in [5.41, 5.74) is 5.66. The maximum absolute atomic E-state index is 12.5. The third-order valence-electron chi connectivity index (χ3n) is 10.5. The average Bonchev–Trinajstić information content (AvgIpc) is 3.17. The first-order valence-electron chi connectivity index (χ1n) is 23.7. The van der Waals surface area contributed by atoms with Gasteiger partial charge < -0.3 is 20.1 Å². The van der Waals surface area contributed by atoms with Gasteiger partial charge in [0.1, 0.15) is 0 Å². The van der Waals surface area contributed by atoms with E-state index in [-0.39, 0.29) is 11.9 Å². The van der Waals surface area contributed by atoms with Crippen molar-refractivity contribution in [2.24, 2.45) is 5.73 Å². The number of nitrogens with two attached hydrogens (primary N) is 1. The molecule has 0 bridgehead atoms. The smallest absolute Gasteiger partial charge is 0.307 e. The molecule has 0 aliphatic heterocycles. The van der Waals surface area contributed by atoms with E-state index in [1.807, 2.05) is 0 Å². The summed E-state index contributed by atoms with van der Waals surface area (Å²) in [6, 6.07) is 0. The van der Waals surface area contributed by atoms with Crippen LogP contribution in [0.2, 0.25) is 0 Å². The molecule has 0 atom stereocenters. The van der Waals surface area contributed by atoms with Gasteiger partial charge in [-0.2, -0.15) is 0 Å². The summed E-state index contributed by atoms with van der Waals surface area (Å²) >= 11 is 0. The Morgan fingerprint density at radius 3 is 1.09 bits per heavy atom. The standard InChI is InChI=1S/C48H92N2O4/c1-3-5-7-9-11-13-15-17-19-21-23-25-27-29-33-37-45-53-47(51)39-43-50(42-36-32-31-35-41-49)44-40-48(52)54-46-38-34-30-28-26-24-22-20-18-16-14-12-10-8-6-4-2/h17-20H,3-16,21-46,49H2,1-2H3/b19-17-,20-18-. The monoisotopic (exact) mass is 761 g/mol. The fourth-order valence-corrected chi connectivity index (χ4v) is 6.88. The second-order valence-electron chi connectivity index (χ2n) is 15.9. The van der Waals surface area contributed by atoms with Crippen molar-refractivity contribution in [3.8, 4) is 0 Å². The molecule has 6 nitrogen and oxygen atoms in total. The van der Waals surface area contributed by atoms with E-state index in [1.54, 1.807) is 0 Å². The third-order valence-corrected chi connectivity index (χ3v) is 10.5. The van der Waals surface area contributed by atoms with Gasteiger partial charge >= 0.3 is 11.9 Å². The first-order chi connectivity index (χ1) is 26.6. The van der Waals surface area contributed by atoms with E-state index in [0.717, 1.165) is 64.5 Å². The van der Waals surface area contributed by atoms with Crippen LogP contribution in [0.5, 0.6) is 0 Å². The van der Waals surface area contributed by atoms with Crippen molar-refractivity contribution in [3.63, 3.8) is 0 Å². The van der Waals surface area contributed by atoms with Crippen molar-refractivity contribution in [1.82, 2.24) is 4.90 Å². The van der Waals surface area contributed by atoms with E-state index in [2.05, 4.69) is 43.1 Å². The van der Waals surface area contributed by atoms with Crippen LogP contribution in [-0.4, -0.2) is 56.2 Å². The highest BCUT2D eigenvalue weighted by Gasteiger charge is 2.12. The van der Waals surface area contributed by atoms with Crippen molar-refractivity contribution < 1.29 is 19.1 Å². The molecule has 0 fully saturated rings. The molecule has 0 aromatic rings. The molecule has 0 aromatic carbocycles. The number of esters is 2. The second-order valence-corrected chi connectivity index (χ2v) is 15.9. The highest BCUT2D eigenvalue weighted by Crippen LogP contribution is 2.12. The number of carbonyl (C=O) groups excluding carboxylic acids is 2. The summed E-state index contributed by atoms with van der Waals surface area (Å²) in [4.78, 5) is 27.2. The fourth-order valence-electron chi connectivity index (χ4n) is 6.88. The van der Waals surface area contributed by atoms with Gasteiger partial charge in [0, 0.05) is 13.1 Å². The number of hydrogen-bond donors (Lipinski definition) is 1. The molecule has 0 radical (unpaired) electrons. The van der Waals surface area contributed by atoms with Gasteiger partial charge in [-0.15, -0.1) is 0 Å². The van der Waals surface area contributed by atoms with Crippen LogP contribution in [0.15, 0.2) is 24.3 Å². The molecule has 0 amide bonds. The van der Waals surface area contributed by atoms with Crippen molar-refractivity contribution in [3.05, 3.63) is 24.3 Å². The van der Waals surface area contributed by atoms with E-state index in [0.29, 0.717) is 39.1 Å². The lowest BCUT2D eigenvalue weighted by atomic mass is 10.1. The molecular weight excluding hydrogens is 669 g/mol. The van der Waals surface area contributed by atoms with Crippen molar-refractivity contribution in [2.45, 2.75) is 232 Å². The molecule has 0 aromatic heterocycles. The molecule has 0 aliphatic carbocycles. The first-order valence-corrected chi connectivity index (χ1v) is 23.7. The van der Waals surface area contributed by atoms with Gasteiger partial charge in [0.15, 0.2) is 0 Å². The fraction of sp³-hybridized carbons (Fsp3) is 0.875. The molecule has 2 N–H and O–H groups in total. The summed E-state index contributed by atoms with van der Waals surface area (Å²) in [6.45, 7) is 8.45. The summed E-state index contributed by atoms with van der Waals surface area (Å²) in [5.74, 6) is -0.253. The highest BCUT2D eigenvalue weighted by atomic mass is 16.5. The Morgan fingerprint density at radius 2 is 0.722 bits per heavy atom. The van der Waals surface area contributed by atoms with Crippen LogP contribution < -0.4 is 5.73 Å². The Bertz CT molecular complexity index is 770. The van der Waals surface area contributed by atoms with Gasteiger partial charge in [0.2, 0.25) is 0 Å². The maximum atomic E-state index is 12.5. The number of allylic oxidation sites excluding steroid dienone is 4. The zero-order valence-corrected chi connectivity index (χ0v) is 36.3. The van der Waals surface area contributed by atoms with E-state index in [1.165, 1.54) is 154 Å². The Labute approximate surface area is 336 Å². The molecule has 0 saturated heterocycles. The van der Waals surface area contributed by atoms with Crippen molar-refractivity contribution in [1.29, 1.82) is 0 Å². The van der Waals surface area contributed by atoms with Gasteiger partial charge in [-0.05, 0) is 90.1 Å². The molecule has 0 saturated carbocycles.